The smallest absolute Gasteiger partial charge is 0.218 e. The molecular formula is C19H26N2O4. The van der Waals surface area contributed by atoms with Crippen molar-refractivity contribution >= 4 is 11.8 Å². The molecule has 0 aliphatic heterocycles. The number of primary amides is 2. The number of methoxy groups -OCH3 is 1. The van der Waals surface area contributed by atoms with Crippen LogP contribution in [-0.2, 0) is 9.59 Å². The van der Waals surface area contributed by atoms with Crippen LogP contribution in [0.3, 0.4) is 0 Å². The van der Waals surface area contributed by atoms with E-state index in [2.05, 4.69) is 0 Å². The second-order valence-electron chi connectivity index (χ2n) is 7.28. The number of hydrogen-bond donors (Lipinski definition) is 2. The molecule has 4 N–H and O–H groups in total. The summed E-state index contributed by atoms with van der Waals surface area (Å²) in [6.07, 6.45) is 5.23. The highest BCUT2D eigenvalue weighted by atomic mass is 16.5. The Morgan fingerprint density at radius 2 is 1.84 bits per heavy atom. The van der Waals surface area contributed by atoms with Crippen LogP contribution in [0.4, 0.5) is 0 Å². The average Bonchev–Trinajstić information content (AvgIpc) is 3.16. The van der Waals surface area contributed by atoms with E-state index in [0.29, 0.717) is 17.4 Å². The van der Waals surface area contributed by atoms with E-state index in [1.165, 1.54) is 19.3 Å². The first-order valence-corrected chi connectivity index (χ1v) is 8.87. The monoisotopic (exact) mass is 346 g/mol. The Kier molecular flexibility index (Phi) is 5.16. The molecule has 6 heteroatoms. The second-order valence-corrected chi connectivity index (χ2v) is 7.28. The van der Waals surface area contributed by atoms with E-state index >= 15 is 0 Å². The maximum Gasteiger partial charge on any atom is 0.218 e. The highest BCUT2D eigenvalue weighted by Gasteiger charge is 2.41. The van der Waals surface area contributed by atoms with Crippen molar-refractivity contribution in [2.24, 2.45) is 23.3 Å². The summed E-state index contributed by atoms with van der Waals surface area (Å²) < 4.78 is 11.7. The summed E-state index contributed by atoms with van der Waals surface area (Å²) in [5, 5.41) is 0. The van der Waals surface area contributed by atoms with Gasteiger partial charge in [-0.1, -0.05) is 6.07 Å². The van der Waals surface area contributed by atoms with Crippen molar-refractivity contribution in [3.8, 4) is 11.5 Å². The molecule has 3 atom stereocenters. The SMILES string of the molecule is COc1ccc(C(CC(N)=O)CC(N)=O)cc1O[C@@H]1C[C@@H]2CC[C@@H]1C2. The summed E-state index contributed by atoms with van der Waals surface area (Å²) in [5.41, 5.74) is 11.5. The van der Waals surface area contributed by atoms with Crippen LogP contribution in [0.15, 0.2) is 18.2 Å². The van der Waals surface area contributed by atoms with Gasteiger partial charge in [-0.05, 0) is 55.2 Å². The minimum Gasteiger partial charge on any atom is -0.493 e. The number of benzene rings is 1. The Morgan fingerprint density at radius 1 is 1.12 bits per heavy atom. The maximum absolute atomic E-state index is 11.4. The van der Waals surface area contributed by atoms with Gasteiger partial charge in [-0.3, -0.25) is 9.59 Å². The van der Waals surface area contributed by atoms with Crippen molar-refractivity contribution in [3.05, 3.63) is 23.8 Å². The average molecular weight is 346 g/mol. The van der Waals surface area contributed by atoms with Gasteiger partial charge >= 0.3 is 0 Å². The van der Waals surface area contributed by atoms with Crippen LogP contribution in [0.5, 0.6) is 11.5 Å². The Bertz CT molecular complexity index is 645. The molecule has 1 aromatic carbocycles. The molecule has 2 amide bonds. The molecule has 1 aromatic rings. The van der Waals surface area contributed by atoms with Gasteiger partial charge in [-0.25, -0.2) is 0 Å². The third-order valence-corrected chi connectivity index (χ3v) is 5.51. The number of ether oxygens (including phenoxy) is 2. The molecule has 0 aromatic heterocycles. The first-order valence-electron chi connectivity index (χ1n) is 8.87. The zero-order valence-corrected chi connectivity index (χ0v) is 14.6. The van der Waals surface area contributed by atoms with Gasteiger partial charge in [0.2, 0.25) is 11.8 Å². The Morgan fingerprint density at radius 3 is 2.36 bits per heavy atom. The van der Waals surface area contributed by atoms with Gasteiger partial charge in [0.1, 0.15) is 6.10 Å². The fourth-order valence-corrected chi connectivity index (χ4v) is 4.33. The summed E-state index contributed by atoms with van der Waals surface area (Å²) in [5.74, 6) is 1.45. The van der Waals surface area contributed by atoms with Gasteiger partial charge in [0.25, 0.3) is 0 Å². The Labute approximate surface area is 147 Å². The van der Waals surface area contributed by atoms with Gasteiger partial charge in [0.15, 0.2) is 11.5 Å². The molecule has 0 spiro atoms. The first kappa shape index (κ1) is 17.6. The number of amides is 2. The Balaban J connectivity index is 1.82. The summed E-state index contributed by atoms with van der Waals surface area (Å²) in [7, 11) is 1.60. The molecule has 0 radical (unpaired) electrons. The van der Waals surface area contributed by atoms with E-state index in [1.807, 2.05) is 18.2 Å². The number of carbonyl (C=O) groups is 2. The predicted octanol–water partition coefficient (Wildman–Crippen LogP) is 2.10. The molecule has 136 valence electrons. The lowest BCUT2D eigenvalue weighted by atomic mass is 9.91. The van der Waals surface area contributed by atoms with Gasteiger partial charge in [-0.15, -0.1) is 0 Å². The van der Waals surface area contributed by atoms with E-state index in [0.717, 1.165) is 17.9 Å². The van der Waals surface area contributed by atoms with E-state index in [1.54, 1.807) is 7.11 Å². The van der Waals surface area contributed by atoms with Crippen LogP contribution in [0, 0.1) is 11.8 Å². The highest BCUT2D eigenvalue weighted by Crippen LogP contribution is 2.47. The largest absolute Gasteiger partial charge is 0.493 e. The molecule has 0 heterocycles. The van der Waals surface area contributed by atoms with Gasteiger partial charge in [0, 0.05) is 18.8 Å². The van der Waals surface area contributed by atoms with Crippen molar-refractivity contribution in [2.45, 2.75) is 50.5 Å². The van der Waals surface area contributed by atoms with Gasteiger partial charge in [0.05, 0.1) is 7.11 Å². The van der Waals surface area contributed by atoms with Crippen molar-refractivity contribution < 1.29 is 19.1 Å². The predicted molar refractivity (Wildman–Crippen MR) is 93.2 cm³/mol. The van der Waals surface area contributed by atoms with Crippen LogP contribution in [0.1, 0.15) is 50.0 Å². The molecule has 3 rings (SSSR count). The third kappa shape index (κ3) is 4.06. The van der Waals surface area contributed by atoms with Gasteiger partial charge in [-0.2, -0.15) is 0 Å². The second kappa shape index (κ2) is 7.33. The minimum atomic E-state index is -0.461. The fraction of sp³-hybridized carbons (Fsp3) is 0.579. The summed E-state index contributed by atoms with van der Waals surface area (Å²) in [6, 6.07) is 5.51. The van der Waals surface area contributed by atoms with Crippen LogP contribution < -0.4 is 20.9 Å². The minimum absolute atomic E-state index is 0.0723. The number of nitrogens with two attached hydrogens (primary N) is 2. The molecule has 2 saturated carbocycles. The van der Waals surface area contributed by atoms with Crippen LogP contribution in [-0.4, -0.2) is 25.0 Å². The van der Waals surface area contributed by atoms with E-state index in [9.17, 15) is 9.59 Å². The Hall–Kier alpha value is -2.24. The topological polar surface area (TPSA) is 105 Å². The number of fused-ring (bicyclic) bond motifs is 2. The molecule has 2 bridgehead atoms. The van der Waals surface area contributed by atoms with Crippen LogP contribution in [0.2, 0.25) is 0 Å². The molecular weight excluding hydrogens is 320 g/mol. The lowest BCUT2D eigenvalue weighted by Gasteiger charge is -2.25. The highest BCUT2D eigenvalue weighted by molar-refractivity contribution is 5.78. The van der Waals surface area contributed by atoms with Crippen LogP contribution in [0.25, 0.3) is 0 Å². The zero-order valence-electron chi connectivity index (χ0n) is 14.6. The summed E-state index contributed by atoms with van der Waals surface area (Å²) in [4.78, 5) is 22.7. The molecule has 6 nitrogen and oxygen atoms in total. The molecule has 0 unspecified atom stereocenters. The summed E-state index contributed by atoms with van der Waals surface area (Å²) >= 11 is 0. The fourth-order valence-electron chi connectivity index (χ4n) is 4.33. The van der Waals surface area contributed by atoms with Crippen molar-refractivity contribution in [2.75, 3.05) is 7.11 Å². The van der Waals surface area contributed by atoms with Gasteiger partial charge < -0.3 is 20.9 Å². The van der Waals surface area contributed by atoms with Crippen molar-refractivity contribution in [1.82, 2.24) is 0 Å². The number of rotatable bonds is 8. The quantitative estimate of drug-likeness (QED) is 0.752. The van der Waals surface area contributed by atoms with Crippen molar-refractivity contribution in [1.29, 1.82) is 0 Å². The van der Waals surface area contributed by atoms with Crippen LogP contribution >= 0.6 is 0 Å². The standard InChI is InChI=1S/C19H26N2O4/c1-24-15-5-4-12(14(9-18(20)22)10-19(21)23)8-17(15)25-16-7-11-2-3-13(16)6-11/h4-5,8,11,13-14,16H,2-3,6-7,9-10H2,1H3,(H2,20,22)(H2,21,23)/t11-,13-,16-/m1/s1. The number of carbonyl (C=O) groups excluding carboxylic acids is 2. The van der Waals surface area contributed by atoms with Crippen molar-refractivity contribution in [3.63, 3.8) is 0 Å². The summed E-state index contributed by atoms with van der Waals surface area (Å²) in [6.45, 7) is 0. The van der Waals surface area contributed by atoms with E-state index in [-0.39, 0.29) is 24.9 Å². The first-order chi connectivity index (χ1) is 12.0. The maximum atomic E-state index is 11.4. The third-order valence-electron chi connectivity index (χ3n) is 5.51. The van der Waals surface area contributed by atoms with E-state index in [4.69, 9.17) is 20.9 Å². The zero-order chi connectivity index (χ0) is 18.0. The van der Waals surface area contributed by atoms with E-state index < -0.39 is 11.8 Å². The number of hydrogen-bond acceptors (Lipinski definition) is 4. The molecule has 2 fully saturated rings. The lowest BCUT2D eigenvalue weighted by molar-refractivity contribution is -0.119. The molecule has 2 aliphatic carbocycles. The lowest BCUT2D eigenvalue weighted by Crippen LogP contribution is -2.24. The normalized spacial score (nSPS) is 24.5. The molecule has 25 heavy (non-hydrogen) atoms. The molecule has 2 aliphatic rings. The molecule has 0 saturated heterocycles.